The third-order valence-corrected chi connectivity index (χ3v) is 4.53. The van der Waals surface area contributed by atoms with Crippen LogP contribution in [0.3, 0.4) is 0 Å². The Balaban J connectivity index is 2.45. The van der Waals surface area contributed by atoms with Crippen molar-refractivity contribution in [3.8, 4) is 0 Å². The molecular weight excluding hydrogens is 401 g/mol. The highest BCUT2D eigenvalue weighted by molar-refractivity contribution is 7.90. The Morgan fingerprint density at radius 2 is 1.96 bits per heavy atom. The average Bonchev–Trinajstić information content (AvgIpc) is 2.53. The van der Waals surface area contributed by atoms with E-state index >= 15 is 0 Å². The normalized spacial score (nSPS) is 12.8. The lowest BCUT2D eigenvalue weighted by molar-refractivity contribution is -0.385. The van der Waals surface area contributed by atoms with E-state index in [-0.39, 0.29) is 0 Å². The smallest absolute Gasteiger partial charge is 0.381 e. The number of nitro groups is 1. The van der Waals surface area contributed by atoms with Gasteiger partial charge >= 0.3 is 6.18 Å². The van der Waals surface area contributed by atoms with Gasteiger partial charge in [-0.1, -0.05) is 17.7 Å². The summed E-state index contributed by atoms with van der Waals surface area (Å²) >= 11 is 5.66. The molecule has 0 aliphatic rings. The lowest BCUT2D eigenvalue weighted by Crippen LogP contribution is -2.19. The van der Waals surface area contributed by atoms with Crippen molar-refractivity contribution in [1.82, 2.24) is 4.98 Å². The Labute approximate surface area is 149 Å². The number of hydrogen-bond acceptors (Lipinski definition) is 5. The first-order chi connectivity index (χ1) is 11.9. The van der Waals surface area contributed by atoms with E-state index in [0.29, 0.717) is 12.3 Å². The minimum atomic E-state index is -4.70. The molecule has 0 radical (unpaired) electrons. The first kappa shape index (κ1) is 19.6. The predicted molar refractivity (Wildman–Crippen MR) is 85.3 cm³/mol. The Morgan fingerprint density at radius 1 is 1.31 bits per heavy atom. The summed E-state index contributed by atoms with van der Waals surface area (Å²) in [4.78, 5) is 12.8. The zero-order valence-electron chi connectivity index (χ0n) is 12.4. The highest BCUT2D eigenvalue weighted by Crippen LogP contribution is 2.31. The quantitative estimate of drug-likeness (QED) is 0.358. The third kappa shape index (κ3) is 4.26. The second-order valence-electron chi connectivity index (χ2n) is 4.76. The summed E-state index contributed by atoms with van der Waals surface area (Å²) in [6, 6.07) is 4.52. The first-order valence-electron chi connectivity index (χ1n) is 6.50. The van der Waals surface area contributed by atoms with Crippen molar-refractivity contribution in [3.63, 3.8) is 0 Å². The molecule has 2 rings (SSSR count). The molecule has 1 aromatic carbocycles. The van der Waals surface area contributed by atoms with Crippen molar-refractivity contribution in [2.75, 3.05) is 0 Å². The molecule has 26 heavy (non-hydrogen) atoms. The summed E-state index contributed by atoms with van der Waals surface area (Å²) in [5.74, 6) is -0.768. The molecule has 2 N–H and O–H groups in total. The number of non-ortho nitro benzene ring substituents is 1. The van der Waals surface area contributed by atoms with Crippen LogP contribution in [-0.4, -0.2) is 24.2 Å². The Hall–Kier alpha value is -2.73. The average molecular weight is 409 g/mol. The maximum absolute atomic E-state index is 12.6. The molecule has 0 bridgehead atoms. The number of benzene rings is 1. The topological polar surface area (TPSA) is 129 Å². The Kier molecular flexibility index (Phi) is 5.18. The summed E-state index contributed by atoms with van der Waals surface area (Å²) < 4.78 is 65.3. The van der Waals surface area contributed by atoms with E-state index in [0.717, 1.165) is 24.3 Å². The van der Waals surface area contributed by atoms with Gasteiger partial charge in [-0.25, -0.2) is 0 Å². The van der Waals surface area contributed by atoms with Crippen LogP contribution in [0.25, 0.3) is 0 Å². The Morgan fingerprint density at radius 3 is 2.50 bits per heavy atom. The molecule has 13 heteroatoms. The van der Waals surface area contributed by atoms with Gasteiger partial charge < -0.3 is 5.73 Å². The van der Waals surface area contributed by atoms with Gasteiger partial charge in [-0.3, -0.25) is 15.1 Å². The standard InChI is InChI=1S/C13H8ClF3N4O4S/c14-10-4-7(13(15,16)17)6-19-11(10)12(18)20-26(24,25)9-3-1-2-8(5-9)21(22)23/h1-6H,(H2,18,20). The molecule has 1 aromatic heterocycles. The SMILES string of the molecule is N/C(=N\S(=O)(=O)c1cccc([N+](=O)[O-])c1)c1ncc(C(F)(F)F)cc1Cl. The number of hydrogen-bond donors (Lipinski definition) is 1. The van der Waals surface area contributed by atoms with E-state index in [1.165, 1.54) is 0 Å². The summed E-state index contributed by atoms with van der Waals surface area (Å²) in [7, 11) is -4.48. The van der Waals surface area contributed by atoms with Gasteiger partial charge in [0.15, 0.2) is 5.84 Å². The molecule has 2 aromatic rings. The number of pyridine rings is 1. The number of nitrogens with zero attached hydrogens (tertiary/aromatic N) is 3. The van der Waals surface area contributed by atoms with Crippen LogP contribution >= 0.6 is 11.6 Å². The van der Waals surface area contributed by atoms with E-state index in [1.807, 2.05) is 0 Å². The molecule has 0 atom stereocenters. The summed E-state index contributed by atoms with van der Waals surface area (Å²) in [5.41, 5.74) is 3.36. The second kappa shape index (κ2) is 6.88. The lowest BCUT2D eigenvalue weighted by atomic mass is 10.2. The van der Waals surface area contributed by atoms with Gasteiger partial charge in [0.25, 0.3) is 15.7 Å². The molecule has 0 spiro atoms. The highest BCUT2D eigenvalue weighted by atomic mass is 35.5. The van der Waals surface area contributed by atoms with E-state index in [9.17, 15) is 31.7 Å². The van der Waals surface area contributed by atoms with E-state index in [2.05, 4.69) is 9.38 Å². The minimum Gasteiger partial charge on any atom is -0.381 e. The number of nitrogens with two attached hydrogens (primary N) is 1. The number of halogens is 4. The summed E-state index contributed by atoms with van der Waals surface area (Å²) in [5, 5.41) is 10.2. The van der Waals surface area contributed by atoms with Crippen LogP contribution in [0.2, 0.25) is 5.02 Å². The molecule has 138 valence electrons. The van der Waals surface area contributed by atoms with Crippen LogP contribution in [0.5, 0.6) is 0 Å². The zero-order chi connectivity index (χ0) is 19.7. The molecule has 8 nitrogen and oxygen atoms in total. The fourth-order valence-electron chi connectivity index (χ4n) is 1.76. The van der Waals surface area contributed by atoms with Gasteiger partial charge in [-0.15, -0.1) is 4.40 Å². The first-order valence-corrected chi connectivity index (χ1v) is 8.31. The monoisotopic (exact) mass is 408 g/mol. The molecule has 1 heterocycles. The number of alkyl halides is 3. The number of aromatic nitrogens is 1. The van der Waals surface area contributed by atoms with Crippen LogP contribution < -0.4 is 5.73 Å². The van der Waals surface area contributed by atoms with Crippen molar-refractivity contribution >= 4 is 33.1 Å². The molecule has 0 fully saturated rings. The number of sulfonamides is 1. The number of rotatable bonds is 4. The van der Waals surface area contributed by atoms with Gasteiger partial charge in [-0.2, -0.15) is 21.6 Å². The van der Waals surface area contributed by atoms with Crippen molar-refractivity contribution in [2.24, 2.45) is 10.1 Å². The van der Waals surface area contributed by atoms with Crippen LogP contribution in [-0.2, 0) is 16.2 Å². The molecular formula is C13H8ClF3N4O4S. The van der Waals surface area contributed by atoms with Crippen LogP contribution in [0.4, 0.5) is 18.9 Å². The predicted octanol–water partition coefficient (Wildman–Crippen LogP) is 2.76. The second-order valence-corrected chi connectivity index (χ2v) is 6.77. The number of amidine groups is 1. The maximum Gasteiger partial charge on any atom is 0.417 e. The summed E-state index contributed by atoms with van der Waals surface area (Å²) in [6.45, 7) is 0. The minimum absolute atomic E-state index is 0.420. The fourth-order valence-corrected chi connectivity index (χ4v) is 3.00. The maximum atomic E-state index is 12.6. The van der Waals surface area contributed by atoms with Crippen molar-refractivity contribution < 1.29 is 26.5 Å². The van der Waals surface area contributed by atoms with Gasteiger partial charge in [0.1, 0.15) is 5.69 Å². The van der Waals surface area contributed by atoms with Crippen molar-refractivity contribution in [2.45, 2.75) is 11.1 Å². The van der Waals surface area contributed by atoms with Crippen molar-refractivity contribution in [1.29, 1.82) is 0 Å². The van der Waals surface area contributed by atoms with Crippen LogP contribution in [0.1, 0.15) is 11.3 Å². The van der Waals surface area contributed by atoms with Gasteiger partial charge in [-0.05, 0) is 12.1 Å². The lowest BCUT2D eigenvalue weighted by Gasteiger charge is -2.09. The molecule has 0 amide bonds. The van der Waals surface area contributed by atoms with Gasteiger partial charge in [0, 0.05) is 18.3 Å². The molecule has 0 unspecified atom stereocenters. The highest BCUT2D eigenvalue weighted by Gasteiger charge is 2.32. The molecule has 0 aliphatic heterocycles. The van der Waals surface area contributed by atoms with E-state index in [1.54, 1.807) is 0 Å². The zero-order valence-corrected chi connectivity index (χ0v) is 14.0. The van der Waals surface area contributed by atoms with Crippen LogP contribution in [0.15, 0.2) is 45.8 Å². The summed E-state index contributed by atoms with van der Waals surface area (Å²) in [6.07, 6.45) is -4.28. The van der Waals surface area contributed by atoms with E-state index in [4.69, 9.17) is 17.3 Å². The van der Waals surface area contributed by atoms with E-state index < -0.39 is 53.8 Å². The molecule has 0 saturated heterocycles. The van der Waals surface area contributed by atoms with Crippen LogP contribution in [0, 0.1) is 10.1 Å². The largest absolute Gasteiger partial charge is 0.417 e. The van der Waals surface area contributed by atoms with Crippen molar-refractivity contribution in [3.05, 3.63) is 62.9 Å². The third-order valence-electron chi connectivity index (χ3n) is 2.96. The molecule has 0 aliphatic carbocycles. The molecule has 0 saturated carbocycles. The van der Waals surface area contributed by atoms with Gasteiger partial charge in [0.05, 0.1) is 20.4 Å². The van der Waals surface area contributed by atoms with Gasteiger partial charge in [0.2, 0.25) is 0 Å². The number of nitro benzene ring substituents is 1. The Bertz CT molecular complexity index is 1010. The fraction of sp³-hybridized carbons (Fsp3) is 0.0769.